The van der Waals surface area contributed by atoms with E-state index in [0.29, 0.717) is 0 Å². The van der Waals surface area contributed by atoms with Crippen LogP contribution in [0.3, 0.4) is 0 Å². The molecule has 102 valence electrons. The van der Waals surface area contributed by atoms with Crippen molar-refractivity contribution in [3.63, 3.8) is 0 Å². The van der Waals surface area contributed by atoms with Crippen LogP contribution < -0.4 is 0 Å². The third-order valence-electron chi connectivity index (χ3n) is 2.21. The van der Waals surface area contributed by atoms with Crippen LogP contribution in [0.25, 0.3) is 0 Å². The first-order valence-electron chi connectivity index (χ1n) is 4.99. The Bertz CT molecular complexity index is 417. The summed E-state index contributed by atoms with van der Waals surface area (Å²) in [6.45, 7) is -0.992. The van der Waals surface area contributed by atoms with Crippen LogP contribution in [-0.2, 0) is 4.74 Å². The Balaban J connectivity index is 2.68. The summed E-state index contributed by atoms with van der Waals surface area (Å²) in [5, 5.41) is 9.41. The SMILES string of the molecule is Cc1ccc(C(O)COCC(F)(F)F)c(F)c1F. The highest BCUT2D eigenvalue weighted by molar-refractivity contribution is 5.27. The zero-order valence-electron chi connectivity index (χ0n) is 9.39. The first-order valence-corrected chi connectivity index (χ1v) is 4.99. The highest BCUT2D eigenvalue weighted by atomic mass is 19.4. The lowest BCUT2D eigenvalue weighted by molar-refractivity contribution is -0.179. The predicted molar refractivity (Wildman–Crippen MR) is 52.9 cm³/mol. The molecule has 0 aliphatic rings. The van der Waals surface area contributed by atoms with Gasteiger partial charge in [0.05, 0.1) is 6.61 Å². The minimum absolute atomic E-state index is 0.0414. The number of aliphatic hydroxyl groups is 1. The fraction of sp³-hybridized carbons (Fsp3) is 0.455. The average Bonchev–Trinajstić information content (AvgIpc) is 2.24. The zero-order valence-corrected chi connectivity index (χ0v) is 9.39. The van der Waals surface area contributed by atoms with Crippen molar-refractivity contribution in [3.8, 4) is 0 Å². The van der Waals surface area contributed by atoms with E-state index in [0.717, 1.165) is 6.07 Å². The van der Waals surface area contributed by atoms with E-state index in [1.54, 1.807) is 0 Å². The van der Waals surface area contributed by atoms with Crippen molar-refractivity contribution in [1.29, 1.82) is 0 Å². The summed E-state index contributed by atoms with van der Waals surface area (Å²) in [5.41, 5.74) is -0.389. The van der Waals surface area contributed by atoms with Gasteiger partial charge in [-0.15, -0.1) is 0 Å². The highest BCUT2D eigenvalue weighted by Crippen LogP contribution is 2.23. The van der Waals surface area contributed by atoms with Crippen LogP contribution in [0.15, 0.2) is 12.1 Å². The van der Waals surface area contributed by atoms with Gasteiger partial charge in [0.2, 0.25) is 0 Å². The van der Waals surface area contributed by atoms with Gasteiger partial charge in [-0.2, -0.15) is 13.2 Å². The van der Waals surface area contributed by atoms with E-state index in [9.17, 15) is 27.1 Å². The maximum absolute atomic E-state index is 13.4. The largest absolute Gasteiger partial charge is 0.411 e. The maximum atomic E-state index is 13.4. The van der Waals surface area contributed by atoms with Crippen molar-refractivity contribution < 1.29 is 31.8 Å². The molecule has 0 saturated heterocycles. The van der Waals surface area contributed by atoms with Gasteiger partial charge in [0.15, 0.2) is 11.6 Å². The Morgan fingerprint density at radius 2 is 1.83 bits per heavy atom. The van der Waals surface area contributed by atoms with Gasteiger partial charge in [0.25, 0.3) is 0 Å². The van der Waals surface area contributed by atoms with Gasteiger partial charge >= 0.3 is 6.18 Å². The standard InChI is InChI=1S/C11H11F5O2/c1-6-2-3-7(10(13)9(6)12)8(17)4-18-5-11(14,15)16/h2-3,8,17H,4-5H2,1H3. The van der Waals surface area contributed by atoms with Gasteiger partial charge < -0.3 is 9.84 Å². The van der Waals surface area contributed by atoms with Crippen molar-refractivity contribution in [3.05, 3.63) is 34.9 Å². The third kappa shape index (κ3) is 3.92. The molecule has 0 saturated carbocycles. The molecule has 1 N–H and O–H groups in total. The lowest BCUT2D eigenvalue weighted by Gasteiger charge is -2.14. The van der Waals surface area contributed by atoms with E-state index >= 15 is 0 Å². The third-order valence-corrected chi connectivity index (χ3v) is 2.21. The van der Waals surface area contributed by atoms with Gasteiger partial charge in [-0.25, -0.2) is 8.78 Å². The number of aliphatic hydroxyl groups excluding tert-OH is 1. The summed E-state index contributed by atoms with van der Waals surface area (Å²) >= 11 is 0. The molecule has 0 radical (unpaired) electrons. The lowest BCUT2D eigenvalue weighted by atomic mass is 10.1. The summed E-state index contributed by atoms with van der Waals surface area (Å²) < 4.78 is 66.0. The molecule has 0 amide bonds. The molecule has 1 rings (SSSR count). The number of ether oxygens (including phenoxy) is 1. The zero-order chi connectivity index (χ0) is 13.9. The smallest absolute Gasteiger partial charge is 0.386 e. The number of hydrogen-bond donors (Lipinski definition) is 1. The molecule has 0 aliphatic heterocycles. The molecule has 0 aliphatic carbocycles. The molecule has 1 aromatic rings. The van der Waals surface area contributed by atoms with Gasteiger partial charge in [0, 0.05) is 5.56 Å². The number of rotatable bonds is 4. The summed E-state index contributed by atoms with van der Waals surface area (Å²) in [6.07, 6.45) is -6.18. The van der Waals surface area contributed by atoms with Crippen LogP contribution in [0.1, 0.15) is 17.2 Å². The molecule has 0 bridgehead atoms. The molecule has 0 spiro atoms. The van der Waals surface area contributed by atoms with Crippen molar-refractivity contribution in [1.82, 2.24) is 0 Å². The molecule has 1 aromatic carbocycles. The van der Waals surface area contributed by atoms with Crippen molar-refractivity contribution in [2.75, 3.05) is 13.2 Å². The number of halogens is 5. The minimum atomic E-state index is -4.53. The quantitative estimate of drug-likeness (QED) is 0.852. The second-order valence-electron chi connectivity index (χ2n) is 3.75. The lowest BCUT2D eigenvalue weighted by Crippen LogP contribution is -2.20. The Morgan fingerprint density at radius 1 is 1.22 bits per heavy atom. The molecule has 18 heavy (non-hydrogen) atoms. The van der Waals surface area contributed by atoms with E-state index in [4.69, 9.17) is 0 Å². The first-order chi connectivity index (χ1) is 8.22. The van der Waals surface area contributed by atoms with E-state index in [-0.39, 0.29) is 5.56 Å². The van der Waals surface area contributed by atoms with E-state index < -0.39 is 42.7 Å². The molecule has 2 nitrogen and oxygen atoms in total. The molecule has 1 atom stereocenters. The van der Waals surface area contributed by atoms with Crippen LogP contribution in [0.5, 0.6) is 0 Å². The summed E-state index contributed by atoms with van der Waals surface area (Å²) in [5.74, 6) is -2.42. The normalized spacial score (nSPS) is 13.7. The van der Waals surface area contributed by atoms with Gasteiger partial charge in [-0.05, 0) is 12.5 Å². The van der Waals surface area contributed by atoms with Crippen molar-refractivity contribution >= 4 is 0 Å². The Morgan fingerprint density at radius 3 is 2.39 bits per heavy atom. The second-order valence-corrected chi connectivity index (χ2v) is 3.75. The summed E-state index contributed by atoms with van der Waals surface area (Å²) in [4.78, 5) is 0. The molecule has 0 aromatic heterocycles. The maximum Gasteiger partial charge on any atom is 0.411 e. The number of benzene rings is 1. The molecule has 0 heterocycles. The summed E-state index contributed by atoms with van der Waals surface area (Å²) in [6, 6.07) is 2.33. The molecular weight excluding hydrogens is 259 g/mol. The van der Waals surface area contributed by atoms with Gasteiger partial charge in [-0.1, -0.05) is 12.1 Å². The highest BCUT2D eigenvalue weighted by Gasteiger charge is 2.28. The average molecular weight is 270 g/mol. The first kappa shape index (κ1) is 14.8. The number of aryl methyl sites for hydroxylation is 1. The van der Waals surface area contributed by atoms with Crippen LogP contribution in [-0.4, -0.2) is 24.5 Å². The van der Waals surface area contributed by atoms with Gasteiger partial charge in [0.1, 0.15) is 12.7 Å². The monoisotopic (exact) mass is 270 g/mol. The topological polar surface area (TPSA) is 29.5 Å². The fourth-order valence-electron chi connectivity index (χ4n) is 1.29. The van der Waals surface area contributed by atoms with Crippen molar-refractivity contribution in [2.24, 2.45) is 0 Å². The summed E-state index contributed by atoms with van der Waals surface area (Å²) in [7, 11) is 0. The molecular formula is C11H11F5O2. The predicted octanol–water partition coefficient (Wildman–Crippen LogP) is 2.89. The number of alkyl halides is 3. The van der Waals surface area contributed by atoms with Crippen LogP contribution in [0.4, 0.5) is 22.0 Å². The Kier molecular flexibility index (Phi) is 4.64. The molecule has 7 heteroatoms. The number of hydrogen-bond acceptors (Lipinski definition) is 2. The second kappa shape index (κ2) is 5.62. The van der Waals surface area contributed by atoms with Crippen molar-refractivity contribution in [2.45, 2.75) is 19.2 Å². The van der Waals surface area contributed by atoms with E-state index in [1.165, 1.54) is 13.0 Å². The van der Waals surface area contributed by atoms with Crippen LogP contribution >= 0.6 is 0 Å². The van der Waals surface area contributed by atoms with Crippen LogP contribution in [0.2, 0.25) is 0 Å². The van der Waals surface area contributed by atoms with Gasteiger partial charge in [-0.3, -0.25) is 0 Å². The Labute approximate surface area is 100.0 Å². The Hall–Kier alpha value is -1.21. The minimum Gasteiger partial charge on any atom is -0.386 e. The molecule has 0 fully saturated rings. The molecule has 1 unspecified atom stereocenters. The fourth-order valence-corrected chi connectivity index (χ4v) is 1.29. The van der Waals surface area contributed by atoms with E-state index in [1.807, 2.05) is 0 Å². The van der Waals surface area contributed by atoms with E-state index in [2.05, 4.69) is 4.74 Å². The van der Waals surface area contributed by atoms with Crippen LogP contribution in [0, 0.1) is 18.6 Å².